The topological polar surface area (TPSA) is 98.6 Å². The first-order valence-electron chi connectivity index (χ1n) is 13.0. The van der Waals surface area contributed by atoms with Crippen molar-refractivity contribution in [1.82, 2.24) is 15.2 Å². The number of alkyl halides is 2. The van der Waals surface area contributed by atoms with Crippen molar-refractivity contribution in [2.75, 3.05) is 24.7 Å². The Bertz CT molecular complexity index is 1440. The van der Waals surface area contributed by atoms with Gasteiger partial charge in [-0.3, -0.25) is 24.4 Å². The summed E-state index contributed by atoms with van der Waals surface area (Å²) in [4.78, 5) is 30.8. The average molecular weight is 642 g/mol. The largest absolute Gasteiger partial charge is 0.377 e. The average Bonchev–Trinajstić information content (AvgIpc) is 2.92. The maximum Gasteiger partial charge on any atom is 0.310 e. The van der Waals surface area contributed by atoms with Crippen LogP contribution in [0, 0.1) is 24.2 Å². The first kappa shape index (κ1) is 32.3. The van der Waals surface area contributed by atoms with Crippen molar-refractivity contribution in [3.8, 4) is 6.19 Å². The summed E-state index contributed by atoms with van der Waals surface area (Å²) < 4.78 is 116. The monoisotopic (exact) mass is 641 g/mol. The second-order valence-electron chi connectivity index (χ2n) is 10.4. The molecule has 8 nitrogen and oxygen atoms in total. The molecule has 2 heterocycles. The summed E-state index contributed by atoms with van der Waals surface area (Å²) >= 11 is 0. The van der Waals surface area contributed by atoms with Crippen LogP contribution in [0.5, 0.6) is 0 Å². The number of anilines is 1. The number of aryl methyl sites for hydroxylation is 1. The van der Waals surface area contributed by atoms with Crippen molar-refractivity contribution in [1.29, 1.82) is 5.26 Å². The molecule has 2 atom stereocenters. The molecule has 0 spiro atoms. The Hall–Kier alpha value is -3.65. The third-order valence-electron chi connectivity index (χ3n) is 7.35. The fourth-order valence-corrected chi connectivity index (χ4v) is 5.67. The van der Waals surface area contributed by atoms with Crippen LogP contribution < -0.4 is 10.2 Å². The van der Waals surface area contributed by atoms with E-state index in [4.69, 9.17) is 4.74 Å². The van der Waals surface area contributed by atoms with Gasteiger partial charge < -0.3 is 10.1 Å². The smallest absolute Gasteiger partial charge is 0.310 e. The van der Waals surface area contributed by atoms with Crippen molar-refractivity contribution in [2.24, 2.45) is 0 Å². The Morgan fingerprint density at radius 2 is 1.86 bits per heavy atom. The molecule has 1 aliphatic heterocycles. The molecule has 236 valence electrons. The zero-order valence-electron chi connectivity index (χ0n) is 22.6. The normalized spacial score (nSPS) is 21.6. The molecule has 43 heavy (non-hydrogen) atoms. The Kier molecular flexibility index (Phi) is 8.11. The number of nitrogens with one attached hydrogen (secondary N) is 1. The van der Waals surface area contributed by atoms with Crippen LogP contribution in [0.2, 0.25) is 0 Å². The van der Waals surface area contributed by atoms with Gasteiger partial charge in [-0.25, -0.2) is 13.2 Å². The highest BCUT2D eigenvalue weighted by Crippen LogP contribution is 3.02. The summed E-state index contributed by atoms with van der Waals surface area (Å²) in [6, 6.07) is -2.98. The Balaban J connectivity index is 1.87. The van der Waals surface area contributed by atoms with E-state index in [0.717, 1.165) is 11.1 Å². The van der Waals surface area contributed by atoms with Crippen molar-refractivity contribution in [3.05, 3.63) is 53.6 Å². The summed E-state index contributed by atoms with van der Waals surface area (Å²) in [6.45, 7) is 1.01. The van der Waals surface area contributed by atoms with Crippen molar-refractivity contribution >= 4 is 27.7 Å². The third kappa shape index (κ3) is 7.29. The molecule has 1 aromatic carbocycles. The number of halogens is 8. The number of carbonyl (C=O) groups is 2. The van der Waals surface area contributed by atoms with E-state index < -0.39 is 88.0 Å². The highest BCUT2D eigenvalue weighted by Gasteiger charge is 2.65. The maximum atomic E-state index is 15.5. The lowest BCUT2D eigenvalue weighted by atomic mass is 9.91. The van der Waals surface area contributed by atoms with Gasteiger partial charge in [0.25, 0.3) is 5.91 Å². The lowest BCUT2D eigenvalue weighted by molar-refractivity contribution is -0.132. The highest BCUT2D eigenvalue weighted by molar-refractivity contribution is 8.45. The van der Waals surface area contributed by atoms with Gasteiger partial charge in [-0.05, 0) is 49.6 Å². The number of benzene rings is 1. The number of morpholine rings is 1. The summed E-state index contributed by atoms with van der Waals surface area (Å²) in [7, 11) is -10.4. The minimum atomic E-state index is -10.4. The summed E-state index contributed by atoms with van der Waals surface area (Å²) in [5, 5.41) is 12.2. The van der Waals surface area contributed by atoms with Crippen LogP contribution in [0.25, 0.3) is 0 Å². The second kappa shape index (κ2) is 10.8. The van der Waals surface area contributed by atoms with E-state index in [0.29, 0.717) is 16.5 Å². The van der Waals surface area contributed by atoms with Crippen LogP contribution in [0.3, 0.4) is 0 Å². The Morgan fingerprint density at radius 1 is 1.19 bits per heavy atom. The fourth-order valence-electron chi connectivity index (χ4n) is 5.02. The SMILES string of the molecule is Cc1ccncc1C(C(=O)NC1CCC(F)(F)CC1)N(C(=O)[C@H]1COCCN1C#N)c1ccc(S(F)(F)(F)(F)F)cc1F. The van der Waals surface area contributed by atoms with Gasteiger partial charge in [0.2, 0.25) is 11.8 Å². The minimum absolute atomic E-state index is 0.0223. The second-order valence-corrected chi connectivity index (χ2v) is 12.9. The first-order valence-corrected chi connectivity index (χ1v) is 15.0. The molecule has 17 heteroatoms. The zero-order chi connectivity index (χ0) is 31.9. The number of hydrogen-bond acceptors (Lipinski definition) is 6. The van der Waals surface area contributed by atoms with Crippen LogP contribution in [0.1, 0.15) is 42.9 Å². The number of rotatable bonds is 7. The van der Waals surface area contributed by atoms with Crippen LogP contribution in [0.4, 0.5) is 38.3 Å². The predicted octanol–water partition coefficient (Wildman–Crippen LogP) is 6.14. The third-order valence-corrected chi connectivity index (χ3v) is 8.49. The van der Waals surface area contributed by atoms with E-state index in [9.17, 15) is 43.1 Å². The molecule has 1 saturated heterocycles. The number of carbonyl (C=O) groups excluding carboxylic acids is 2. The van der Waals surface area contributed by atoms with Crippen LogP contribution in [-0.2, 0) is 14.3 Å². The van der Waals surface area contributed by atoms with Gasteiger partial charge >= 0.3 is 10.2 Å². The van der Waals surface area contributed by atoms with Gasteiger partial charge in [-0.15, -0.1) is 0 Å². The maximum absolute atomic E-state index is 15.5. The molecule has 4 rings (SSSR count). The number of pyridine rings is 1. The molecular weight excluding hydrogens is 614 g/mol. The molecule has 1 aromatic heterocycles. The molecule has 1 saturated carbocycles. The summed E-state index contributed by atoms with van der Waals surface area (Å²) in [5.74, 6) is -7.04. The number of nitriles is 1. The van der Waals surface area contributed by atoms with Gasteiger partial charge in [-0.2, -0.15) is 5.26 Å². The minimum Gasteiger partial charge on any atom is -0.377 e. The van der Waals surface area contributed by atoms with Gasteiger partial charge in [0.05, 0.1) is 25.4 Å². The van der Waals surface area contributed by atoms with E-state index in [1.807, 2.05) is 0 Å². The molecule has 1 unspecified atom stereocenters. The number of ether oxygens (including phenoxy) is 1. The van der Waals surface area contributed by atoms with Gasteiger partial charge in [0, 0.05) is 36.8 Å². The van der Waals surface area contributed by atoms with E-state index in [-0.39, 0.29) is 37.6 Å². The first-order chi connectivity index (χ1) is 19.8. The van der Waals surface area contributed by atoms with E-state index >= 15 is 4.39 Å². The lowest BCUT2D eigenvalue weighted by Gasteiger charge is -2.41. The van der Waals surface area contributed by atoms with Crippen molar-refractivity contribution in [3.63, 3.8) is 0 Å². The van der Waals surface area contributed by atoms with Crippen LogP contribution in [-0.4, -0.2) is 59.5 Å². The van der Waals surface area contributed by atoms with Crippen LogP contribution in [0.15, 0.2) is 41.6 Å². The highest BCUT2D eigenvalue weighted by atomic mass is 32.5. The van der Waals surface area contributed by atoms with Crippen LogP contribution >= 0.6 is 10.2 Å². The van der Waals surface area contributed by atoms with Gasteiger partial charge in [-0.1, -0.05) is 19.4 Å². The van der Waals surface area contributed by atoms with Crippen molar-refractivity contribution < 1.29 is 46.9 Å². The Labute approximate surface area is 241 Å². The number of nitrogens with zero attached hydrogens (tertiary/aromatic N) is 4. The molecule has 0 bridgehead atoms. The molecule has 2 aromatic rings. The fraction of sp³-hybridized carbons (Fsp3) is 0.462. The van der Waals surface area contributed by atoms with Gasteiger partial charge in [0.15, 0.2) is 6.19 Å². The summed E-state index contributed by atoms with van der Waals surface area (Å²) in [6.07, 6.45) is 2.88. The van der Waals surface area contributed by atoms with E-state index in [2.05, 4.69) is 10.3 Å². The van der Waals surface area contributed by atoms with Gasteiger partial charge in [0.1, 0.15) is 22.8 Å². The molecule has 2 aliphatic rings. The standard InChI is InChI=1S/C26H27F8N5O3S/c1-16-6-9-36-13-19(16)23(24(40)37-17-4-7-26(28,29)8-5-17)39(25(41)22-14-42-11-10-38(22)15-35)21-3-2-18(12-20(21)27)43(30,31,32,33)34/h2-3,6,9,12-13,17,22-23H,4-5,7-8,10-11,14H2,1H3,(H,37,40)/t22-,23?/m1/s1. The lowest BCUT2D eigenvalue weighted by Crippen LogP contribution is -2.56. The number of aromatic nitrogens is 1. The van der Waals surface area contributed by atoms with E-state index in [1.165, 1.54) is 19.2 Å². The predicted molar refractivity (Wildman–Crippen MR) is 139 cm³/mol. The van der Waals surface area contributed by atoms with Crippen molar-refractivity contribution in [2.45, 2.75) is 61.6 Å². The van der Waals surface area contributed by atoms with E-state index in [1.54, 1.807) is 6.19 Å². The molecule has 2 amide bonds. The molecule has 0 radical (unpaired) electrons. The zero-order valence-corrected chi connectivity index (χ0v) is 23.4. The molecular formula is C26H27F8N5O3S. The molecule has 1 N–H and O–H groups in total. The molecule has 2 fully saturated rings. The Morgan fingerprint density at radius 3 is 2.44 bits per heavy atom. The quantitative estimate of drug-likeness (QED) is 0.288. The number of amides is 2. The molecule has 1 aliphatic carbocycles. The number of hydrogen-bond donors (Lipinski definition) is 1. The summed E-state index contributed by atoms with van der Waals surface area (Å²) in [5.41, 5.74) is -0.673.